The standard InChI is InChI=1S/C18H19N3O4/c1-11-13(10-14(19)17(22)23)16-15(20-11)8-5-9-18(16,21(24)25)12-6-3-2-4-7-12/h2-9,11,14,20H,10,19H2,1H3,(H,22,23). The van der Waals surface area contributed by atoms with E-state index in [0.29, 0.717) is 22.4 Å². The number of nitro groups is 1. The first kappa shape index (κ1) is 16.9. The number of hydrogen-bond acceptors (Lipinski definition) is 5. The lowest BCUT2D eigenvalue weighted by Gasteiger charge is -2.28. The highest BCUT2D eigenvalue weighted by Crippen LogP contribution is 2.46. The summed E-state index contributed by atoms with van der Waals surface area (Å²) in [6, 6.07) is 7.38. The molecule has 1 heterocycles. The third-order valence-corrected chi connectivity index (χ3v) is 4.73. The summed E-state index contributed by atoms with van der Waals surface area (Å²) in [6.07, 6.45) is 5.03. The summed E-state index contributed by atoms with van der Waals surface area (Å²) < 4.78 is 0. The van der Waals surface area contributed by atoms with E-state index in [9.17, 15) is 14.9 Å². The molecule has 0 saturated carbocycles. The molecule has 1 aliphatic carbocycles. The maximum atomic E-state index is 12.2. The molecule has 25 heavy (non-hydrogen) atoms. The molecule has 130 valence electrons. The number of carbonyl (C=O) groups is 1. The fraction of sp³-hybridized carbons (Fsp3) is 0.278. The normalized spacial score (nSPS) is 25.8. The van der Waals surface area contributed by atoms with Crippen LogP contribution in [-0.4, -0.2) is 28.1 Å². The summed E-state index contributed by atoms with van der Waals surface area (Å²) in [6.45, 7) is 1.85. The van der Waals surface area contributed by atoms with Crippen molar-refractivity contribution in [3.63, 3.8) is 0 Å². The largest absolute Gasteiger partial charge is 0.480 e. The smallest absolute Gasteiger partial charge is 0.320 e. The number of allylic oxidation sites excluding steroid dienone is 2. The van der Waals surface area contributed by atoms with Gasteiger partial charge < -0.3 is 16.2 Å². The van der Waals surface area contributed by atoms with Crippen molar-refractivity contribution in [3.05, 3.63) is 81.1 Å². The summed E-state index contributed by atoms with van der Waals surface area (Å²) in [7, 11) is 0. The Labute approximate surface area is 144 Å². The summed E-state index contributed by atoms with van der Waals surface area (Å²) in [5.74, 6) is -1.13. The van der Waals surface area contributed by atoms with Crippen LogP contribution in [0.1, 0.15) is 18.9 Å². The molecular formula is C18H19N3O4. The fourth-order valence-electron chi connectivity index (χ4n) is 3.52. The molecule has 1 aromatic carbocycles. The summed E-state index contributed by atoms with van der Waals surface area (Å²) in [5, 5.41) is 24.6. The number of nitrogens with two attached hydrogens (primary N) is 1. The highest BCUT2D eigenvalue weighted by atomic mass is 16.6. The van der Waals surface area contributed by atoms with Crippen LogP contribution in [0.25, 0.3) is 0 Å². The molecule has 0 aromatic heterocycles. The molecule has 0 spiro atoms. The molecule has 7 heteroatoms. The first-order valence-electron chi connectivity index (χ1n) is 7.96. The van der Waals surface area contributed by atoms with E-state index in [0.717, 1.165) is 0 Å². The van der Waals surface area contributed by atoms with Gasteiger partial charge in [0.2, 0.25) is 0 Å². The second-order valence-corrected chi connectivity index (χ2v) is 6.24. The Balaban J connectivity index is 2.23. The number of rotatable bonds is 5. The minimum atomic E-state index is -1.56. The average molecular weight is 341 g/mol. The van der Waals surface area contributed by atoms with Crippen LogP contribution in [0.15, 0.2) is 65.4 Å². The van der Waals surface area contributed by atoms with Crippen molar-refractivity contribution in [1.82, 2.24) is 5.32 Å². The summed E-state index contributed by atoms with van der Waals surface area (Å²) in [4.78, 5) is 23.1. The number of aliphatic carboxylic acids is 1. The van der Waals surface area contributed by atoms with Crippen LogP contribution in [0.3, 0.4) is 0 Å². The minimum Gasteiger partial charge on any atom is -0.480 e. The topological polar surface area (TPSA) is 118 Å². The highest BCUT2D eigenvalue weighted by molar-refractivity contribution is 5.74. The zero-order chi connectivity index (χ0) is 18.2. The number of carboxylic acids is 1. The lowest BCUT2D eigenvalue weighted by atomic mass is 9.76. The SMILES string of the molecule is CC1NC2=CC=CC(c3ccccc3)([N+](=O)[O-])C2=C1CC(N)C(=O)O. The van der Waals surface area contributed by atoms with E-state index in [4.69, 9.17) is 10.8 Å². The van der Waals surface area contributed by atoms with Gasteiger partial charge in [-0.3, -0.25) is 14.9 Å². The Bertz CT molecular complexity index is 813. The number of hydrogen-bond donors (Lipinski definition) is 3. The van der Waals surface area contributed by atoms with Gasteiger partial charge in [-0.15, -0.1) is 0 Å². The Morgan fingerprint density at radius 3 is 2.72 bits per heavy atom. The zero-order valence-corrected chi connectivity index (χ0v) is 13.7. The number of nitrogens with zero attached hydrogens (tertiary/aromatic N) is 1. The molecule has 0 fully saturated rings. The van der Waals surface area contributed by atoms with Crippen molar-refractivity contribution in [2.24, 2.45) is 5.73 Å². The van der Waals surface area contributed by atoms with Crippen molar-refractivity contribution in [1.29, 1.82) is 0 Å². The van der Waals surface area contributed by atoms with Gasteiger partial charge >= 0.3 is 5.97 Å². The van der Waals surface area contributed by atoms with Gasteiger partial charge in [0.1, 0.15) is 6.04 Å². The summed E-state index contributed by atoms with van der Waals surface area (Å²) in [5.41, 5.74) is 6.47. The predicted molar refractivity (Wildman–Crippen MR) is 92.2 cm³/mol. The van der Waals surface area contributed by atoms with Gasteiger partial charge in [0.25, 0.3) is 5.54 Å². The van der Waals surface area contributed by atoms with E-state index >= 15 is 0 Å². The van der Waals surface area contributed by atoms with Gasteiger partial charge in [-0.05, 0) is 25.0 Å². The maximum Gasteiger partial charge on any atom is 0.320 e. The predicted octanol–water partition coefficient (Wildman–Crippen LogP) is 1.70. The van der Waals surface area contributed by atoms with Crippen LogP contribution < -0.4 is 11.1 Å². The maximum absolute atomic E-state index is 12.2. The molecular weight excluding hydrogens is 322 g/mol. The van der Waals surface area contributed by atoms with Gasteiger partial charge in [0.15, 0.2) is 0 Å². The Morgan fingerprint density at radius 1 is 1.44 bits per heavy atom. The molecule has 3 atom stereocenters. The fourth-order valence-corrected chi connectivity index (χ4v) is 3.52. The zero-order valence-electron chi connectivity index (χ0n) is 13.7. The lowest BCUT2D eigenvalue weighted by molar-refractivity contribution is -0.551. The van der Waals surface area contributed by atoms with E-state index in [-0.39, 0.29) is 17.4 Å². The van der Waals surface area contributed by atoms with Gasteiger partial charge in [0.05, 0.1) is 5.57 Å². The van der Waals surface area contributed by atoms with Crippen molar-refractivity contribution >= 4 is 5.97 Å². The Morgan fingerprint density at radius 2 is 2.12 bits per heavy atom. The molecule has 0 radical (unpaired) electrons. The van der Waals surface area contributed by atoms with Gasteiger partial charge in [-0.1, -0.05) is 36.4 Å². The monoisotopic (exact) mass is 341 g/mol. The number of carboxylic acid groups (broad SMARTS) is 1. The third kappa shape index (κ3) is 2.62. The quantitative estimate of drug-likeness (QED) is 0.554. The van der Waals surface area contributed by atoms with Crippen LogP contribution in [0, 0.1) is 10.1 Å². The van der Waals surface area contributed by atoms with Crippen LogP contribution in [0.4, 0.5) is 0 Å². The molecule has 0 saturated heterocycles. The van der Waals surface area contributed by atoms with Crippen molar-refractivity contribution in [3.8, 4) is 0 Å². The van der Waals surface area contributed by atoms with Crippen LogP contribution >= 0.6 is 0 Å². The van der Waals surface area contributed by atoms with E-state index in [2.05, 4.69) is 5.32 Å². The molecule has 1 aromatic rings. The Hall–Kier alpha value is -2.93. The van der Waals surface area contributed by atoms with Crippen LogP contribution in [0.2, 0.25) is 0 Å². The highest BCUT2D eigenvalue weighted by Gasteiger charge is 2.53. The van der Waals surface area contributed by atoms with Crippen molar-refractivity contribution in [2.75, 3.05) is 0 Å². The number of benzene rings is 1. The van der Waals surface area contributed by atoms with E-state index in [1.807, 2.05) is 6.92 Å². The molecule has 1 aliphatic heterocycles. The molecule has 3 rings (SSSR count). The van der Waals surface area contributed by atoms with Gasteiger partial charge in [-0.2, -0.15) is 0 Å². The second-order valence-electron chi connectivity index (χ2n) is 6.24. The molecule has 0 amide bonds. The van der Waals surface area contributed by atoms with Crippen molar-refractivity contribution in [2.45, 2.75) is 31.0 Å². The molecule has 3 unspecified atom stereocenters. The second kappa shape index (κ2) is 6.18. The van der Waals surface area contributed by atoms with Crippen LogP contribution in [-0.2, 0) is 10.3 Å². The molecule has 4 N–H and O–H groups in total. The van der Waals surface area contributed by atoms with E-state index in [1.165, 1.54) is 0 Å². The Kier molecular flexibility index (Phi) is 4.18. The lowest BCUT2D eigenvalue weighted by Crippen LogP contribution is -2.38. The van der Waals surface area contributed by atoms with Crippen molar-refractivity contribution < 1.29 is 14.8 Å². The first-order chi connectivity index (χ1) is 11.9. The van der Waals surface area contributed by atoms with Crippen LogP contribution in [0.5, 0.6) is 0 Å². The molecule has 7 nitrogen and oxygen atoms in total. The van der Waals surface area contributed by atoms with Gasteiger partial charge in [0, 0.05) is 28.3 Å². The first-order valence-corrected chi connectivity index (χ1v) is 7.96. The van der Waals surface area contributed by atoms with Gasteiger partial charge in [-0.25, -0.2) is 0 Å². The van der Waals surface area contributed by atoms with E-state index in [1.54, 1.807) is 48.6 Å². The average Bonchev–Trinajstić information content (AvgIpc) is 2.91. The third-order valence-electron chi connectivity index (χ3n) is 4.73. The summed E-state index contributed by atoms with van der Waals surface area (Å²) >= 11 is 0. The molecule has 2 aliphatic rings. The number of nitrogens with one attached hydrogen (secondary N) is 1. The van der Waals surface area contributed by atoms with E-state index < -0.39 is 17.6 Å². The number of fused-ring (bicyclic) bond motifs is 1. The minimum absolute atomic E-state index is 0.0481. The molecule has 0 bridgehead atoms.